The first-order valence-electron chi connectivity index (χ1n) is 8.91. The Morgan fingerprint density at radius 1 is 1.21 bits per heavy atom. The van der Waals surface area contributed by atoms with Crippen LogP contribution >= 0.6 is 23.4 Å². The quantitative estimate of drug-likeness (QED) is 0.671. The van der Waals surface area contributed by atoms with Crippen molar-refractivity contribution >= 4 is 52.2 Å². The van der Waals surface area contributed by atoms with E-state index in [0.717, 1.165) is 22.2 Å². The van der Waals surface area contributed by atoms with Gasteiger partial charge < -0.3 is 10.1 Å². The van der Waals surface area contributed by atoms with Gasteiger partial charge in [0.15, 0.2) is 0 Å². The number of carbonyl (C=O) groups excluding carboxylic acids is 3. The van der Waals surface area contributed by atoms with E-state index < -0.39 is 17.1 Å². The number of hydrogen-bond donors (Lipinski definition) is 1. The standard InChI is InChI=1S/C21H19ClN2O4S/c1-3-28-17-9-6-15(22)10-14(17)11-18-20(26)24(21(27)29-18)12-19(25)23-16-7-4-13(2)5-8-16/h4-11H,3,12H2,1-2H3,(H,23,25)/b18-11-. The van der Waals surface area contributed by atoms with Crippen molar-refractivity contribution < 1.29 is 19.1 Å². The van der Waals surface area contributed by atoms with Crippen LogP contribution in [0.5, 0.6) is 5.75 Å². The summed E-state index contributed by atoms with van der Waals surface area (Å²) in [6, 6.07) is 12.3. The van der Waals surface area contributed by atoms with Crippen molar-refractivity contribution in [3.8, 4) is 5.75 Å². The van der Waals surface area contributed by atoms with Crippen LogP contribution in [0.25, 0.3) is 6.08 Å². The van der Waals surface area contributed by atoms with Crippen LogP contribution in [0, 0.1) is 6.92 Å². The fourth-order valence-corrected chi connectivity index (χ4v) is 3.69. The van der Waals surface area contributed by atoms with E-state index in [9.17, 15) is 14.4 Å². The maximum atomic E-state index is 12.7. The van der Waals surface area contributed by atoms with Gasteiger partial charge in [0.1, 0.15) is 12.3 Å². The van der Waals surface area contributed by atoms with Crippen LogP contribution in [-0.2, 0) is 9.59 Å². The fourth-order valence-electron chi connectivity index (χ4n) is 2.68. The highest BCUT2D eigenvalue weighted by Gasteiger charge is 2.36. The van der Waals surface area contributed by atoms with Crippen LogP contribution in [0.15, 0.2) is 47.4 Å². The Labute approximate surface area is 177 Å². The van der Waals surface area contributed by atoms with E-state index in [1.165, 1.54) is 0 Å². The lowest BCUT2D eigenvalue weighted by molar-refractivity contribution is -0.127. The highest BCUT2D eigenvalue weighted by atomic mass is 35.5. The number of anilines is 1. The fraction of sp³-hybridized carbons (Fsp3) is 0.190. The maximum Gasteiger partial charge on any atom is 0.294 e. The largest absolute Gasteiger partial charge is 0.493 e. The van der Waals surface area contributed by atoms with Crippen LogP contribution in [0.3, 0.4) is 0 Å². The van der Waals surface area contributed by atoms with Crippen molar-refractivity contribution in [1.82, 2.24) is 4.90 Å². The Morgan fingerprint density at radius 3 is 2.62 bits per heavy atom. The molecular formula is C21H19ClN2O4S. The first-order chi connectivity index (χ1) is 13.9. The number of thioether (sulfide) groups is 1. The van der Waals surface area contributed by atoms with E-state index >= 15 is 0 Å². The third-order valence-electron chi connectivity index (χ3n) is 4.07. The molecule has 0 bridgehead atoms. The third kappa shape index (κ3) is 5.19. The monoisotopic (exact) mass is 430 g/mol. The van der Waals surface area contributed by atoms with Crippen molar-refractivity contribution in [2.45, 2.75) is 13.8 Å². The minimum absolute atomic E-state index is 0.210. The van der Waals surface area contributed by atoms with Gasteiger partial charge in [-0.3, -0.25) is 19.3 Å². The molecule has 2 aromatic carbocycles. The Bertz CT molecular complexity index is 989. The summed E-state index contributed by atoms with van der Waals surface area (Å²) in [4.78, 5) is 38.4. The first kappa shape index (κ1) is 21.0. The summed E-state index contributed by atoms with van der Waals surface area (Å²) in [7, 11) is 0. The van der Waals surface area contributed by atoms with Crippen LogP contribution in [-0.4, -0.2) is 35.1 Å². The summed E-state index contributed by atoms with van der Waals surface area (Å²) in [5.41, 5.74) is 2.25. The number of nitrogens with zero attached hydrogens (tertiary/aromatic N) is 1. The number of benzene rings is 2. The number of halogens is 1. The topological polar surface area (TPSA) is 75.7 Å². The minimum atomic E-state index is -0.526. The molecule has 29 heavy (non-hydrogen) atoms. The summed E-state index contributed by atoms with van der Waals surface area (Å²) >= 11 is 6.82. The molecule has 0 spiro atoms. The Morgan fingerprint density at radius 2 is 1.93 bits per heavy atom. The molecule has 1 heterocycles. The SMILES string of the molecule is CCOc1ccc(Cl)cc1/C=C1\SC(=O)N(CC(=O)Nc2ccc(C)cc2)C1=O. The number of ether oxygens (including phenoxy) is 1. The molecule has 0 saturated carbocycles. The molecule has 1 N–H and O–H groups in total. The third-order valence-corrected chi connectivity index (χ3v) is 5.21. The van der Waals surface area contributed by atoms with Crippen molar-refractivity contribution in [2.24, 2.45) is 0 Å². The Balaban J connectivity index is 1.74. The Hall–Kier alpha value is -2.77. The molecule has 3 rings (SSSR count). The average molecular weight is 431 g/mol. The molecule has 8 heteroatoms. The number of carbonyl (C=O) groups is 3. The van der Waals surface area contributed by atoms with Gasteiger partial charge in [0.2, 0.25) is 5.91 Å². The molecule has 0 aliphatic carbocycles. The molecule has 0 aromatic heterocycles. The molecule has 6 nitrogen and oxygen atoms in total. The van der Waals surface area contributed by atoms with Gasteiger partial charge in [-0.05, 0) is 62.0 Å². The van der Waals surface area contributed by atoms with Crippen molar-refractivity contribution in [2.75, 3.05) is 18.5 Å². The van der Waals surface area contributed by atoms with Crippen LogP contribution in [0.4, 0.5) is 10.5 Å². The summed E-state index contributed by atoms with van der Waals surface area (Å²) < 4.78 is 5.54. The summed E-state index contributed by atoms with van der Waals surface area (Å²) in [5.74, 6) is -0.419. The van der Waals surface area contributed by atoms with E-state index in [4.69, 9.17) is 16.3 Å². The molecule has 3 amide bonds. The van der Waals surface area contributed by atoms with E-state index in [-0.39, 0.29) is 11.4 Å². The predicted molar refractivity (Wildman–Crippen MR) is 115 cm³/mol. The zero-order valence-corrected chi connectivity index (χ0v) is 17.5. The van der Waals surface area contributed by atoms with Crippen molar-refractivity contribution in [3.05, 3.63) is 63.5 Å². The number of nitrogens with one attached hydrogen (secondary N) is 1. The van der Waals surface area contributed by atoms with Gasteiger partial charge in [-0.15, -0.1) is 0 Å². The molecule has 150 valence electrons. The predicted octanol–water partition coefficient (Wildman–Crippen LogP) is 4.72. The van der Waals surface area contributed by atoms with E-state index in [0.29, 0.717) is 28.6 Å². The van der Waals surface area contributed by atoms with Crippen LogP contribution < -0.4 is 10.1 Å². The van der Waals surface area contributed by atoms with Gasteiger partial charge in [0, 0.05) is 16.3 Å². The van der Waals surface area contributed by atoms with Gasteiger partial charge in [0.25, 0.3) is 11.1 Å². The highest BCUT2D eigenvalue weighted by Crippen LogP contribution is 2.34. The summed E-state index contributed by atoms with van der Waals surface area (Å²) in [6.45, 7) is 3.88. The van der Waals surface area contributed by atoms with Crippen LogP contribution in [0.1, 0.15) is 18.1 Å². The second kappa shape index (κ2) is 9.15. The number of imide groups is 1. The summed E-state index contributed by atoms with van der Waals surface area (Å²) in [6.07, 6.45) is 1.56. The smallest absolute Gasteiger partial charge is 0.294 e. The number of amides is 3. The lowest BCUT2D eigenvalue weighted by atomic mass is 10.2. The number of aryl methyl sites for hydroxylation is 1. The van der Waals surface area contributed by atoms with Gasteiger partial charge in [0.05, 0.1) is 11.5 Å². The van der Waals surface area contributed by atoms with Gasteiger partial charge in [-0.1, -0.05) is 29.3 Å². The molecule has 2 aromatic rings. The van der Waals surface area contributed by atoms with E-state index in [1.54, 1.807) is 36.4 Å². The second-order valence-electron chi connectivity index (χ2n) is 6.30. The molecular weight excluding hydrogens is 412 g/mol. The lowest BCUT2D eigenvalue weighted by Crippen LogP contribution is -2.36. The first-order valence-corrected chi connectivity index (χ1v) is 10.1. The minimum Gasteiger partial charge on any atom is -0.493 e. The average Bonchev–Trinajstić information content (AvgIpc) is 2.93. The number of rotatable bonds is 6. The molecule has 1 aliphatic rings. The number of hydrogen-bond acceptors (Lipinski definition) is 5. The second-order valence-corrected chi connectivity index (χ2v) is 7.73. The normalized spacial score (nSPS) is 15.1. The molecule has 0 radical (unpaired) electrons. The molecule has 0 unspecified atom stereocenters. The maximum absolute atomic E-state index is 12.7. The zero-order valence-electron chi connectivity index (χ0n) is 15.9. The van der Waals surface area contributed by atoms with Gasteiger partial charge in [-0.2, -0.15) is 0 Å². The summed E-state index contributed by atoms with van der Waals surface area (Å²) in [5, 5.41) is 2.67. The van der Waals surface area contributed by atoms with Crippen molar-refractivity contribution in [1.29, 1.82) is 0 Å². The van der Waals surface area contributed by atoms with E-state index in [2.05, 4.69) is 5.32 Å². The van der Waals surface area contributed by atoms with Gasteiger partial charge >= 0.3 is 0 Å². The Kier molecular flexibility index (Phi) is 6.61. The molecule has 1 fully saturated rings. The molecule has 1 aliphatic heterocycles. The molecule has 0 atom stereocenters. The van der Waals surface area contributed by atoms with Gasteiger partial charge in [-0.25, -0.2) is 0 Å². The zero-order chi connectivity index (χ0) is 21.0. The van der Waals surface area contributed by atoms with E-state index in [1.807, 2.05) is 26.0 Å². The van der Waals surface area contributed by atoms with Crippen molar-refractivity contribution in [3.63, 3.8) is 0 Å². The lowest BCUT2D eigenvalue weighted by Gasteiger charge is -2.12. The highest BCUT2D eigenvalue weighted by molar-refractivity contribution is 8.18. The van der Waals surface area contributed by atoms with Crippen LogP contribution in [0.2, 0.25) is 5.02 Å². The molecule has 1 saturated heterocycles.